The monoisotopic (exact) mass is 689 g/mol. The van der Waals surface area contributed by atoms with Crippen molar-refractivity contribution in [3.8, 4) is 11.1 Å². The number of hydrogen-bond donors (Lipinski definition) is 1. The van der Waals surface area contributed by atoms with Crippen LogP contribution in [0.1, 0.15) is 64.4 Å². The molecule has 0 radical (unpaired) electrons. The molecule has 254 valence electrons. The number of anilines is 1. The summed E-state index contributed by atoms with van der Waals surface area (Å²) in [4.78, 5) is 39.0. The number of nitrogens with zero attached hydrogens (tertiary/aromatic N) is 4. The Kier molecular flexibility index (Phi) is 9.88. The number of imidazole rings is 1. The van der Waals surface area contributed by atoms with Crippen LogP contribution >= 0.6 is 11.6 Å². The third-order valence-electron chi connectivity index (χ3n) is 9.01. The van der Waals surface area contributed by atoms with Gasteiger partial charge in [-0.3, -0.25) is 5.32 Å². The van der Waals surface area contributed by atoms with E-state index in [2.05, 4.69) is 60.7 Å². The summed E-state index contributed by atoms with van der Waals surface area (Å²) in [5.41, 5.74) is 3.48. The number of nitrogens with one attached hydrogen (secondary N) is 1. The van der Waals surface area contributed by atoms with Gasteiger partial charge in [-0.1, -0.05) is 81.4 Å². The lowest BCUT2D eigenvalue weighted by Gasteiger charge is -2.39. The molecule has 2 aromatic carbocycles. The van der Waals surface area contributed by atoms with Gasteiger partial charge >= 0.3 is 12.1 Å². The highest BCUT2D eigenvalue weighted by Crippen LogP contribution is 2.46. The average molecular weight is 690 g/mol. The molecule has 0 saturated heterocycles. The quantitative estimate of drug-likeness (QED) is 0.0844. The molecule has 3 unspecified atom stereocenters. The van der Waals surface area contributed by atoms with Crippen molar-refractivity contribution < 1.29 is 23.5 Å². The fourth-order valence-electron chi connectivity index (χ4n) is 5.45. The lowest BCUT2D eigenvalue weighted by Crippen LogP contribution is -2.45. The normalized spacial score (nSPS) is 18.6. The Morgan fingerprint density at radius 1 is 1.00 bits per heavy atom. The molecule has 1 aliphatic carbocycles. The molecule has 1 N–H and O–H groups in total. The summed E-state index contributed by atoms with van der Waals surface area (Å²) in [5, 5.41) is 2.61. The number of ether oxygens (including phenoxy) is 2. The molecule has 0 spiro atoms. The first-order chi connectivity index (χ1) is 22.4. The second-order valence-corrected chi connectivity index (χ2v) is 19.8. The number of halogens is 1. The smallest absolute Gasteiger partial charge is 0.414 e. The van der Waals surface area contributed by atoms with Crippen molar-refractivity contribution in [1.29, 1.82) is 0 Å². The minimum absolute atomic E-state index is 0.00931. The number of esters is 1. The molecule has 1 saturated carbocycles. The zero-order valence-corrected chi connectivity index (χ0v) is 30.6. The summed E-state index contributed by atoms with van der Waals surface area (Å²) in [6.07, 6.45) is 1.23. The van der Waals surface area contributed by atoms with Crippen LogP contribution in [0.5, 0.6) is 0 Å². The molecular formula is C36H44ClN5O5Si. The highest BCUT2D eigenvalue weighted by Gasteiger charge is 2.46. The summed E-state index contributed by atoms with van der Waals surface area (Å²) in [5.74, 6) is -0.710. The number of rotatable bonds is 8. The molecule has 48 heavy (non-hydrogen) atoms. The van der Waals surface area contributed by atoms with E-state index in [1.54, 1.807) is 39.2 Å². The number of carbonyl (C=O) groups is 2. The minimum Gasteiger partial charge on any atom is -0.461 e. The molecular weight excluding hydrogens is 646 g/mol. The highest BCUT2D eigenvalue weighted by atomic mass is 35.5. The van der Waals surface area contributed by atoms with Crippen LogP contribution in [0.3, 0.4) is 0 Å². The summed E-state index contributed by atoms with van der Waals surface area (Å²) < 4.78 is 20.1. The van der Waals surface area contributed by atoms with E-state index in [0.29, 0.717) is 23.1 Å². The second kappa shape index (κ2) is 13.4. The molecule has 2 aromatic heterocycles. The van der Waals surface area contributed by atoms with Crippen LogP contribution in [0.25, 0.3) is 22.3 Å². The van der Waals surface area contributed by atoms with Gasteiger partial charge < -0.3 is 18.5 Å². The Balaban J connectivity index is 1.40. The van der Waals surface area contributed by atoms with E-state index in [1.807, 2.05) is 47.0 Å². The minimum atomic E-state index is -2.24. The maximum atomic E-state index is 13.3. The molecule has 5 rings (SSSR count). The Labute approximate surface area is 288 Å². The van der Waals surface area contributed by atoms with Crippen molar-refractivity contribution in [1.82, 2.24) is 19.5 Å². The van der Waals surface area contributed by atoms with Crippen LogP contribution in [0.15, 0.2) is 73.1 Å². The third kappa shape index (κ3) is 7.80. The largest absolute Gasteiger partial charge is 0.461 e. The van der Waals surface area contributed by atoms with Crippen molar-refractivity contribution in [2.24, 2.45) is 5.92 Å². The molecule has 1 fully saturated rings. The van der Waals surface area contributed by atoms with Crippen LogP contribution in [0.2, 0.25) is 23.3 Å². The number of amides is 1. The van der Waals surface area contributed by atoms with E-state index < -0.39 is 26.0 Å². The topological polar surface area (TPSA) is 117 Å². The van der Waals surface area contributed by atoms with Gasteiger partial charge in [0.15, 0.2) is 19.1 Å². The second-order valence-electron chi connectivity index (χ2n) is 14.7. The molecule has 12 heteroatoms. The Morgan fingerprint density at radius 3 is 2.27 bits per heavy atom. The zero-order chi connectivity index (χ0) is 35.0. The predicted molar refractivity (Wildman–Crippen MR) is 191 cm³/mol. The first-order valence-corrected chi connectivity index (χ1v) is 19.3. The van der Waals surface area contributed by atoms with Gasteiger partial charge in [-0.15, -0.1) is 0 Å². The van der Waals surface area contributed by atoms with E-state index in [-0.39, 0.29) is 40.8 Å². The van der Waals surface area contributed by atoms with E-state index in [0.717, 1.165) is 16.7 Å². The van der Waals surface area contributed by atoms with Gasteiger partial charge in [-0.05, 0) is 74.2 Å². The number of hydrogen-bond acceptors (Lipinski definition) is 8. The van der Waals surface area contributed by atoms with E-state index in [9.17, 15) is 9.59 Å². The fraction of sp³-hybridized carbons (Fsp3) is 0.417. The van der Waals surface area contributed by atoms with Crippen molar-refractivity contribution in [2.45, 2.75) is 83.8 Å². The van der Waals surface area contributed by atoms with Gasteiger partial charge in [-0.2, -0.15) is 9.97 Å². The molecule has 10 nitrogen and oxygen atoms in total. The summed E-state index contributed by atoms with van der Waals surface area (Å²) in [6, 6.07) is 17.1. The van der Waals surface area contributed by atoms with Crippen LogP contribution in [-0.4, -0.2) is 58.2 Å². The molecule has 0 aliphatic heterocycles. The Bertz CT molecular complexity index is 1810. The van der Waals surface area contributed by atoms with Crippen molar-refractivity contribution in [3.63, 3.8) is 0 Å². The summed E-state index contributed by atoms with van der Waals surface area (Å²) >= 11 is 6.50. The SMILES string of the molecule is C=C1C(COC(=O)c2ccc(-c3ccccc3)cc2)C(O[Si](C)(C)C(C)(C)C)CC1n1cnc2c(Cl)nc(NC(=O)OC(C)(C)C)nc21. The van der Waals surface area contributed by atoms with Crippen LogP contribution in [0, 0.1) is 5.92 Å². The maximum Gasteiger partial charge on any atom is 0.414 e. The lowest BCUT2D eigenvalue weighted by molar-refractivity contribution is 0.0361. The first-order valence-electron chi connectivity index (χ1n) is 16.0. The van der Waals surface area contributed by atoms with E-state index in [1.165, 1.54) is 0 Å². The number of aromatic nitrogens is 4. The van der Waals surface area contributed by atoms with Gasteiger partial charge in [0.05, 0.1) is 24.0 Å². The van der Waals surface area contributed by atoms with Crippen LogP contribution in [-0.2, 0) is 13.9 Å². The Hall–Kier alpha value is -4.06. The zero-order valence-electron chi connectivity index (χ0n) is 28.8. The predicted octanol–water partition coefficient (Wildman–Crippen LogP) is 8.86. The van der Waals surface area contributed by atoms with Gasteiger partial charge in [0, 0.05) is 5.92 Å². The average Bonchev–Trinajstić information content (AvgIpc) is 3.55. The number of benzene rings is 2. The highest BCUT2D eigenvalue weighted by molar-refractivity contribution is 6.74. The molecule has 2 heterocycles. The van der Waals surface area contributed by atoms with Gasteiger partial charge in [0.1, 0.15) is 17.7 Å². The van der Waals surface area contributed by atoms with Crippen LogP contribution < -0.4 is 5.32 Å². The van der Waals surface area contributed by atoms with Crippen LogP contribution in [0.4, 0.5) is 10.7 Å². The third-order valence-corrected chi connectivity index (χ3v) is 13.8. The Morgan fingerprint density at radius 2 is 1.65 bits per heavy atom. The van der Waals surface area contributed by atoms with Gasteiger partial charge in [0.2, 0.25) is 5.95 Å². The van der Waals surface area contributed by atoms with Crippen molar-refractivity contribution >= 4 is 49.1 Å². The molecule has 3 atom stereocenters. The lowest BCUT2D eigenvalue weighted by atomic mass is 10.0. The molecule has 0 bridgehead atoms. The van der Waals surface area contributed by atoms with E-state index >= 15 is 0 Å². The number of fused-ring (bicyclic) bond motifs is 1. The maximum absolute atomic E-state index is 13.3. The first kappa shape index (κ1) is 35.2. The molecule has 4 aromatic rings. The van der Waals surface area contributed by atoms with E-state index in [4.69, 9.17) is 25.5 Å². The standard InChI is InChI=1S/C36H44ClN5O5Si/c1-22-26(20-45-32(43)25-17-15-24(16-18-25)23-13-11-10-12-14-23)28(47-48(8,9)36(5,6)7)19-27(22)42-21-38-29-30(37)39-33(40-31(29)42)41-34(44)46-35(2,3)4/h10-18,21,26-28H,1,19-20H2,2-9H3,(H,39,40,41,44). The van der Waals surface area contributed by atoms with Gasteiger partial charge in [-0.25, -0.2) is 14.6 Å². The molecule has 1 amide bonds. The van der Waals surface area contributed by atoms with Gasteiger partial charge in [0.25, 0.3) is 0 Å². The number of carbonyl (C=O) groups excluding carboxylic acids is 2. The molecule has 1 aliphatic rings. The fourth-order valence-corrected chi connectivity index (χ4v) is 7.04. The summed E-state index contributed by atoms with van der Waals surface area (Å²) in [7, 11) is -2.24. The summed E-state index contributed by atoms with van der Waals surface area (Å²) in [6.45, 7) is 20.9. The van der Waals surface area contributed by atoms with Crippen molar-refractivity contribution in [3.05, 3.63) is 83.8 Å². The van der Waals surface area contributed by atoms with Crippen molar-refractivity contribution in [2.75, 3.05) is 11.9 Å².